The summed E-state index contributed by atoms with van der Waals surface area (Å²) in [5.74, 6) is 2.14. The first-order valence-corrected chi connectivity index (χ1v) is 28.3. The number of fused-ring (bicyclic) bond motifs is 1. The highest BCUT2D eigenvalue weighted by molar-refractivity contribution is 7.92. The van der Waals surface area contributed by atoms with E-state index < -0.39 is 56.9 Å². The van der Waals surface area contributed by atoms with Gasteiger partial charge < -0.3 is 34.0 Å². The van der Waals surface area contributed by atoms with Crippen LogP contribution in [0.15, 0.2) is 113 Å². The minimum atomic E-state index is -4.96. The van der Waals surface area contributed by atoms with Gasteiger partial charge in [-0.25, -0.2) is 31.3 Å². The number of pyridine rings is 1. The van der Waals surface area contributed by atoms with Gasteiger partial charge in [0.2, 0.25) is 25.9 Å². The predicted octanol–water partition coefficient (Wildman–Crippen LogP) is 6.83. The number of aromatic nitrogens is 5. The number of carbonyl (C=O) groups is 1. The van der Waals surface area contributed by atoms with E-state index in [0.29, 0.717) is 47.2 Å². The van der Waals surface area contributed by atoms with Crippen LogP contribution in [-0.2, 0) is 50.5 Å². The molecule has 3 heterocycles. The lowest BCUT2D eigenvalue weighted by atomic mass is 10.1. The Kier molecular flexibility index (Phi) is 15.6. The molecule has 22 heteroatoms. The second-order valence-electron chi connectivity index (χ2n) is 18.2. The van der Waals surface area contributed by atoms with E-state index >= 15 is 16.8 Å². The van der Waals surface area contributed by atoms with Crippen molar-refractivity contribution in [3.63, 3.8) is 0 Å². The zero-order valence-electron chi connectivity index (χ0n) is 40.4. The van der Waals surface area contributed by atoms with Crippen molar-refractivity contribution in [1.29, 1.82) is 0 Å². The molecule has 6 aromatic rings. The van der Waals surface area contributed by atoms with Crippen molar-refractivity contribution < 1.29 is 45.4 Å². The monoisotopic (exact) mass is 1010 g/mol. The summed E-state index contributed by atoms with van der Waals surface area (Å²) in [6, 6.07) is 27.6. The lowest BCUT2D eigenvalue weighted by Gasteiger charge is -2.39. The van der Waals surface area contributed by atoms with Crippen LogP contribution in [0.5, 0.6) is 17.2 Å². The number of nitrogens with one attached hydrogen (secondary N) is 2. The molecule has 0 fully saturated rings. The van der Waals surface area contributed by atoms with Gasteiger partial charge in [-0.05, 0) is 107 Å². The molecule has 70 heavy (non-hydrogen) atoms. The number of amides is 1. The fraction of sp³-hybridized carbons (Fsp3) is 0.354. The molecule has 19 nitrogen and oxygen atoms in total. The molecule has 4 aromatic carbocycles. The van der Waals surface area contributed by atoms with Crippen LogP contribution in [-0.4, -0.2) is 113 Å². The van der Waals surface area contributed by atoms with Crippen molar-refractivity contribution in [1.82, 2.24) is 39.5 Å². The minimum absolute atomic E-state index is 0.126. The van der Waals surface area contributed by atoms with E-state index in [0.717, 1.165) is 11.1 Å². The molecule has 372 valence electrons. The fourth-order valence-electron chi connectivity index (χ4n) is 7.66. The lowest BCUT2D eigenvalue weighted by Crippen LogP contribution is -2.50. The van der Waals surface area contributed by atoms with Crippen LogP contribution in [0.2, 0.25) is 18.1 Å². The van der Waals surface area contributed by atoms with Gasteiger partial charge in [0.1, 0.15) is 32.9 Å². The zero-order valence-corrected chi connectivity index (χ0v) is 43.0. The molecule has 0 radical (unpaired) electrons. The van der Waals surface area contributed by atoms with Gasteiger partial charge in [-0.15, -0.1) is 10.2 Å². The van der Waals surface area contributed by atoms with Crippen molar-refractivity contribution in [2.45, 2.75) is 80.9 Å². The number of sulfonamides is 2. The number of hydrogen-bond acceptors (Lipinski definition) is 14. The first-order valence-electron chi connectivity index (χ1n) is 22.4. The molecule has 0 saturated carbocycles. The second-order valence-corrected chi connectivity index (χ2v) is 26.5. The van der Waals surface area contributed by atoms with Gasteiger partial charge in [-0.2, -0.15) is 9.10 Å². The van der Waals surface area contributed by atoms with Gasteiger partial charge in [-0.1, -0.05) is 63.2 Å². The first-order chi connectivity index (χ1) is 33.2. The summed E-state index contributed by atoms with van der Waals surface area (Å²) < 4.78 is 89.3. The lowest BCUT2D eigenvalue weighted by molar-refractivity contribution is 0.163. The Bertz CT molecular complexity index is 2960. The molecule has 0 bridgehead atoms. The SMILES string of the molecule is COc1ccc(CN(Cc2ccc(OC)cc2)S(=O)(=O)c2c(S(=O)(=O)NCC(CNC(=O)O)O[Si](C)(C)C(C)(C)C)ccc(N3CCc4cccnc43)c2-c2nnn(Cc3ccc(OC)cc3)n2)cc1. The van der Waals surface area contributed by atoms with Crippen LogP contribution >= 0.6 is 0 Å². The summed E-state index contributed by atoms with van der Waals surface area (Å²) >= 11 is 0. The normalized spacial score (nSPS) is 13.5. The molecular formula is C48H59N9O10S2Si. The number of rotatable bonds is 21. The molecule has 0 saturated heterocycles. The van der Waals surface area contributed by atoms with Crippen LogP contribution in [0.4, 0.5) is 16.3 Å². The number of nitrogens with zero attached hydrogens (tertiary/aromatic N) is 7. The molecule has 1 aliphatic rings. The van der Waals surface area contributed by atoms with Gasteiger partial charge in [0.05, 0.1) is 45.2 Å². The summed E-state index contributed by atoms with van der Waals surface area (Å²) in [4.78, 5) is 18.3. The van der Waals surface area contributed by atoms with E-state index in [9.17, 15) is 9.90 Å². The van der Waals surface area contributed by atoms with Crippen molar-refractivity contribution in [2.24, 2.45) is 0 Å². The highest BCUT2D eigenvalue weighted by atomic mass is 32.2. The minimum Gasteiger partial charge on any atom is -0.497 e. The maximum absolute atomic E-state index is 16.2. The summed E-state index contributed by atoms with van der Waals surface area (Å²) in [5, 5.41) is 25.2. The molecular weight excluding hydrogens is 955 g/mol. The Labute approximate surface area is 410 Å². The molecule has 7 rings (SSSR count). The van der Waals surface area contributed by atoms with Gasteiger partial charge in [0, 0.05) is 38.9 Å². The maximum Gasteiger partial charge on any atom is 0.404 e. The number of benzene rings is 4. The fourth-order valence-corrected chi connectivity index (χ4v) is 12.5. The Morgan fingerprint density at radius 1 is 0.814 bits per heavy atom. The first kappa shape index (κ1) is 51.4. The third kappa shape index (κ3) is 11.8. The number of tetrazole rings is 1. The highest BCUT2D eigenvalue weighted by Crippen LogP contribution is 2.45. The Hall–Kier alpha value is -6.43. The van der Waals surface area contributed by atoms with Gasteiger partial charge in [-0.3, -0.25) is 0 Å². The Morgan fingerprint density at radius 2 is 1.39 bits per heavy atom. The standard InChI is InChI=1S/C48H59N9O10S2Si/c1-48(2,3)70(7,8)67-40(28-50-47(58)59)29-51-68(60,61)42-24-23-41(56-27-25-36-10-9-26-49-46(36)56)43(45-52-54-57(53-45)32-35-15-21-39(66-6)22-16-35)44(42)69(62,63)55(30-33-11-17-37(64-4)18-12-33)31-34-13-19-38(65-5)20-14-34/h9-24,26,40,50-51H,25,27-32H2,1-8H3,(H,58,59). The number of carboxylic acid groups (broad SMARTS) is 1. The van der Waals surface area contributed by atoms with Crippen molar-refractivity contribution in [3.05, 3.63) is 126 Å². The van der Waals surface area contributed by atoms with Crippen LogP contribution < -0.4 is 29.1 Å². The van der Waals surface area contributed by atoms with Gasteiger partial charge in [0.25, 0.3) is 0 Å². The molecule has 1 amide bonds. The summed E-state index contributed by atoms with van der Waals surface area (Å²) in [7, 11) is -7.79. The van der Waals surface area contributed by atoms with Crippen LogP contribution in [0.1, 0.15) is 43.0 Å². The van der Waals surface area contributed by atoms with E-state index in [2.05, 4.69) is 25.3 Å². The smallest absolute Gasteiger partial charge is 0.404 e. The molecule has 3 N–H and O–H groups in total. The molecule has 1 unspecified atom stereocenters. The number of methoxy groups -OCH3 is 3. The molecule has 1 atom stereocenters. The van der Waals surface area contributed by atoms with E-state index in [1.807, 2.05) is 63.0 Å². The third-order valence-electron chi connectivity index (χ3n) is 12.5. The second kappa shape index (κ2) is 21.3. The van der Waals surface area contributed by atoms with Gasteiger partial charge >= 0.3 is 6.09 Å². The van der Waals surface area contributed by atoms with Crippen molar-refractivity contribution >= 4 is 46.0 Å². The van der Waals surface area contributed by atoms with E-state index in [1.54, 1.807) is 74.0 Å². The Morgan fingerprint density at radius 3 is 1.93 bits per heavy atom. The van der Waals surface area contributed by atoms with Gasteiger partial charge in [0.15, 0.2) is 8.32 Å². The van der Waals surface area contributed by atoms with Crippen LogP contribution in [0, 0.1) is 0 Å². The predicted molar refractivity (Wildman–Crippen MR) is 266 cm³/mol. The summed E-state index contributed by atoms with van der Waals surface area (Å²) in [5.41, 5.74) is 2.99. The summed E-state index contributed by atoms with van der Waals surface area (Å²) in [6.07, 6.45) is -0.100. The topological polar surface area (TPSA) is 230 Å². The molecule has 0 spiro atoms. The number of hydrogen-bond donors (Lipinski definition) is 3. The van der Waals surface area contributed by atoms with E-state index in [1.165, 1.54) is 35.5 Å². The average Bonchev–Trinajstić information content (AvgIpc) is 3.99. The van der Waals surface area contributed by atoms with Crippen molar-refractivity contribution in [2.75, 3.05) is 45.9 Å². The molecule has 2 aromatic heterocycles. The molecule has 1 aliphatic heterocycles. The van der Waals surface area contributed by atoms with E-state index in [-0.39, 0.29) is 48.3 Å². The quantitative estimate of drug-likeness (QED) is 0.0628. The Balaban J connectivity index is 1.45. The highest BCUT2D eigenvalue weighted by Gasteiger charge is 2.42. The van der Waals surface area contributed by atoms with Crippen LogP contribution in [0.25, 0.3) is 11.4 Å². The largest absolute Gasteiger partial charge is 0.497 e. The maximum atomic E-state index is 16.2. The van der Waals surface area contributed by atoms with Crippen LogP contribution in [0.3, 0.4) is 0 Å². The summed E-state index contributed by atoms with van der Waals surface area (Å²) in [6.45, 7) is 9.37. The molecule has 0 aliphatic carbocycles. The third-order valence-corrected chi connectivity index (χ3v) is 20.5. The number of ether oxygens (including phenoxy) is 3. The average molecular weight is 1010 g/mol. The zero-order chi connectivity index (χ0) is 50.4. The van der Waals surface area contributed by atoms with Crippen molar-refractivity contribution in [3.8, 4) is 28.6 Å². The van der Waals surface area contributed by atoms with E-state index in [4.69, 9.17) is 23.7 Å². The number of anilines is 2.